The number of carbonyl (C=O) groups excluding carboxylic acids is 1. The standard InChI is InChI=1S/C22H24BrN3O3S/c1-13(2)14-9-10-17(16-8-6-5-7-15(14)16)26-18(23)11-25-21(26)30-22(3,4)20(29)24-12-19(27)28/h5-11,13H,12H2,1-4H3,(H,24,29)(H,27,28). The third-order valence-corrected chi connectivity index (χ3v) is 6.50. The van der Waals surface area contributed by atoms with Crippen molar-refractivity contribution in [1.82, 2.24) is 14.9 Å². The number of fused-ring (bicyclic) bond motifs is 1. The average Bonchev–Trinajstić information content (AvgIpc) is 3.04. The first kappa shape index (κ1) is 22.4. The molecule has 8 heteroatoms. The van der Waals surface area contributed by atoms with Crippen molar-refractivity contribution in [2.24, 2.45) is 0 Å². The van der Waals surface area contributed by atoms with E-state index in [9.17, 15) is 9.59 Å². The van der Waals surface area contributed by atoms with E-state index in [0.29, 0.717) is 11.1 Å². The highest BCUT2D eigenvalue weighted by Crippen LogP contribution is 2.38. The van der Waals surface area contributed by atoms with E-state index in [1.165, 1.54) is 22.7 Å². The Bertz CT molecular complexity index is 1110. The Morgan fingerprint density at radius 1 is 1.20 bits per heavy atom. The summed E-state index contributed by atoms with van der Waals surface area (Å²) in [5.74, 6) is -1.05. The summed E-state index contributed by atoms with van der Waals surface area (Å²) in [6, 6.07) is 12.5. The van der Waals surface area contributed by atoms with E-state index in [1.807, 2.05) is 16.7 Å². The van der Waals surface area contributed by atoms with Crippen molar-refractivity contribution in [1.29, 1.82) is 0 Å². The van der Waals surface area contributed by atoms with E-state index < -0.39 is 17.3 Å². The lowest BCUT2D eigenvalue weighted by atomic mass is 9.95. The molecule has 30 heavy (non-hydrogen) atoms. The lowest BCUT2D eigenvalue weighted by Gasteiger charge is -2.23. The smallest absolute Gasteiger partial charge is 0.322 e. The Kier molecular flexibility index (Phi) is 6.57. The maximum atomic E-state index is 12.5. The summed E-state index contributed by atoms with van der Waals surface area (Å²) in [6.07, 6.45) is 1.71. The monoisotopic (exact) mass is 489 g/mol. The van der Waals surface area contributed by atoms with Crippen LogP contribution in [0.15, 0.2) is 52.4 Å². The third-order valence-electron chi connectivity index (χ3n) is 4.78. The number of carbonyl (C=O) groups is 2. The Morgan fingerprint density at radius 2 is 1.87 bits per heavy atom. The molecule has 3 rings (SSSR count). The molecule has 158 valence electrons. The number of nitrogens with one attached hydrogen (secondary N) is 1. The molecule has 1 amide bonds. The van der Waals surface area contributed by atoms with E-state index in [-0.39, 0.29) is 5.91 Å². The molecule has 0 spiro atoms. The van der Waals surface area contributed by atoms with Gasteiger partial charge in [0, 0.05) is 5.39 Å². The molecule has 3 aromatic rings. The highest BCUT2D eigenvalue weighted by Gasteiger charge is 2.32. The molecule has 0 aliphatic carbocycles. The van der Waals surface area contributed by atoms with Crippen LogP contribution in [0.1, 0.15) is 39.2 Å². The predicted molar refractivity (Wildman–Crippen MR) is 123 cm³/mol. The van der Waals surface area contributed by atoms with Crippen LogP contribution in [-0.2, 0) is 9.59 Å². The number of amides is 1. The lowest BCUT2D eigenvalue weighted by molar-refractivity contribution is -0.138. The number of aromatic nitrogens is 2. The molecule has 0 saturated heterocycles. The van der Waals surface area contributed by atoms with Gasteiger partial charge in [0.05, 0.1) is 16.6 Å². The molecule has 1 aromatic heterocycles. The fourth-order valence-electron chi connectivity index (χ4n) is 3.25. The van der Waals surface area contributed by atoms with Gasteiger partial charge in [-0.25, -0.2) is 4.98 Å². The van der Waals surface area contributed by atoms with Gasteiger partial charge in [0.15, 0.2) is 5.16 Å². The minimum absolute atomic E-state index is 0.361. The summed E-state index contributed by atoms with van der Waals surface area (Å²) < 4.78 is 1.84. The molecule has 0 bridgehead atoms. The average molecular weight is 490 g/mol. The topological polar surface area (TPSA) is 84.2 Å². The van der Waals surface area contributed by atoms with E-state index in [1.54, 1.807) is 20.0 Å². The maximum absolute atomic E-state index is 12.5. The van der Waals surface area contributed by atoms with Crippen LogP contribution in [-0.4, -0.2) is 37.8 Å². The number of hydrogen-bond acceptors (Lipinski definition) is 4. The van der Waals surface area contributed by atoms with E-state index in [0.717, 1.165) is 15.7 Å². The van der Waals surface area contributed by atoms with Crippen molar-refractivity contribution in [3.05, 3.63) is 52.8 Å². The number of nitrogens with zero attached hydrogens (tertiary/aromatic N) is 2. The number of imidazole rings is 1. The first-order chi connectivity index (χ1) is 14.1. The molecule has 2 aromatic carbocycles. The van der Waals surface area contributed by atoms with Crippen molar-refractivity contribution in [3.63, 3.8) is 0 Å². The zero-order chi connectivity index (χ0) is 22.1. The van der Waals surface area contributed by atoms with Gasteiger partial charge in [0.2, 0.25) is 5.91 Å². The van der Waals surface area contributed by atoms with Gasteiger partial charge < -0.3 is 10.4 Å². The minimum Gasteiger partial charge on any atom is -0.480 e. The van der Waals surface area contributed by atoms with Gasteiger partial charge in [-0.05, 0) is 52.7 Å². The first-order valence-electron chi connectivity index (χ1n) is 9.56. The molecular weight excluding hydrogens is 466 g/mol. The number of halogens is 1. The van der Waals surface area contributed by atoms with Crippen molar-refractivity contribution < 1.29 is 14.7 Å². The SMILES string of the molecule is CC(C)c1ccc(-n2c(Br)cnc2SC(C)(C)C(=O)NCC(=O)O)c2ccccc12. The Labute approximate surface area is 188 Å². The summed E-state index contributed by atoms with van der Waals surface area (Å²) in [5.41, 5.74) is 2.23. The number of aliphatic carboxylic acids is 1. The zero-order valence-electron chi connectivity index (χ0n) is 17.3. The first-order valence-corrected chi connectivity index (χ1v) is 11.2. The normalized spacial score (nSPS) is 11.8. The number of benzene rings is 2. The highest BCUT2D eigenvalue weighted by atomic mass is 79.9. The lowest BCUT2D eigenvalue weighted by Crippen LogP contribution is -2.42. The number of rotatable bonds is 7. The zero-order valence-corrected chi connectivity index (χ0v) is 19.7. The van der Waals surface area contributed by atoms with Crippen LogP contribution in [0.3, 0.4) is 0 Å². The molecule has 0 aliphatic heterocycles. The number of thioether (sulfide) groups is 1. The second-order valence-electron chi connectivity index (χ2n) is 7.76. The van der Waals surface area contributed by atoms with Crippen molar-refractivity contribution in [3.8, 4) is 5.69 Å². The van der Waals surface area contributed by atoms with E-state index >= 15 is 0 Å². The van der Waals surface area contributed by atoms with Gasteiger partial charge >= 0.3 is 5.97 Å². The Balaban J connectivity index is 2.04. The van der Waals surface area contributed by atoms with Crippen LogP contribution in [0.25, 0.3) is 16.5 Å². The Morgan fingerprint density at radius 3 is 2.50 bits per heavy atom. The van der Waals surface area contributed by atoms with Crippen molar-refractivity contribution in [2.75, 3.05) is 6.54 Å². The molecule has 0 unspecified atom stereocenters. The van der Waals surface area contributed by atoms with Gasteiger partial charge in [-0.3, -0.25) is 14.2 Å². The van der Waals surface area contributed by atoms with Gasteiger partial charge in [-0.15, -0.1) is 0 Å². The third kappa shape index (κ3) is 4.54. The number of hydrogen-bond donors (Lipinski definition) is 2. The second kappa shape index (κ2) is 8.81. The van der Waals surface area contributed by atoms with Gasteiger partial charge in [0.25, 0.3) is 0 Å². The summed E-state index contributed by atoms with van der Waals surface area (Å²) in [4.78, 5) is 27.8. The number of carboxylic acid groups (broad SMARTS) is 1. The molecule has 2 N–H and O–H groups in total. The molecule has 0 fully saturated rings. The Hall–Kier alpha value is -2.32. The fourth-order valence-corrected chi connectivity index (χ4v) is 4.85. The maximum Gasteiger partial charge on any atom is 0.322 e. The van der Waals surface area contributed by atoms with Gasteiger partial charge in [0.1, 0.15) is 11.1 Å². The molecule has 1 heterocycles. The van der Waals surface area contributed by atoms with E-state index in [2.05, 4.69) is 64.3 Å². The minimum atomic E-state index is -1.08. The van der Waals surface area contributed by atoms with Crippen molar-refractivity contribution >= 4 is 50.3 Å². The van der Waals surface area contributed by atoms with Crippen LogP contribution >= 0.6 is 27.7 Å². The van der Waals surface area contributed by atoms with E-state index in [4.69, 9.17) is 5.11 Å². The summed E-state index contributed by atoms with van der Waals surface area (Å²) >= 11 is 4.87. The molecule has 0 atom stereocenters. The van der Waals surface area contributed by atoms with Crippen LogP contribution < -0.4 is 5.32 Å². The molecule has 6 nitrogen and oxygen atoms in total. The summed E-state index contributed by atoms with van der Waals surface area (Å²) in [6.45, 7) is 7.44. The predicted octanol–water partition coefficient (Wildman–Crippen LogP) is 4.98. The van der Waals surface area contributed by atoms with Gasteiger partial charge in [-0.2, -0.15) is 0 Å². The quantitative estimate of drug-likeness (QED) is 0.457. The van der Waals surface area contributed by atoms with Crippen molar-refractivity contribution in [2.45, 2.75) is 43.5 Å². The molecular formula is C22H24BrN3O3S. The van der Waals surface area contributed by atoms with Crippen LogP contribution in [0.4, 0.5) is 0 Å². The molecule has 0 aliphatic rings. The van der Waals surface area contributed by atoms with Crippen LogP contribution in [0, 0.1) is 0 Å². The molecule has 0 saturated carbocycles. The summed E-state index contributed by atoms with van der Waals surface area (Å²) in [5, 5.41) is 14.2. The van der Waals surface area contributed by atoms with Crippen LogP contribution in [0.2, 0.25) is 0 Å². The largest absolute Gasteiger partial charge is 0.480 e. The van der Waals surface area contributed by atoms with Gasteiger partial charge in [-0.1, -0.05) is 55.9 Å². The van der Waals surface area contributed by atoms with Crippen LogP contribution in [0.5, 0.6) is 0 Å². The second-order valence-corrected chi connectivity index (χ2v) is 10.2. The highest BCUT2D eigenvalue weighted by molar-refractivity contribution is 9.10. The number of carboxylic acids is 1. The fraction of sp³-hybridized carbons (Fsp3) is 0.318. The molecule has 0 radical (unpaired) electrons. The summed E-state index contributed by atoms with van der Waals surface area (Å²) in [7, 11) is 0.